The first-order valence-corrected chi connectivity index (χ1v) is 13.1. The minimum absolute atomic E-state index is 0.141. The van der Waals surface area contributed by atoms with E-state index in [0.29, 0.717) is 6.54 Å². The molecule has 0 saturated carbocycles. The highest BCUT2D eigenvalue weighted by Gasteiger charge is 2.24. The molecule has 1 atom stereocenters. The number of hydrogen-bond acceptors (Lipinski definition) is 4. The fourth-order valence-electron chi connectivity index (χ4n) is 4.02. The van der Waals surface area contributed by atoms with Crippen molar-refractivity contribution in [3.8, 4) is 0 Å². The van der Waals surface area contributed by atoms with E-state index in [2.05, 4.69) is 9.62 Å². The van der Waals surface area contributed by atoms with E-state index in [1.807, 2.05) is 67.6 Å². The molecular weight excluding hydrogens is 472 g/mol. The van der Waals surface area contributed by atoms with Crippen molar-refractivity contribution in [2.75, 3.05) is 11.4 Å². The molecule has 0 aromatic heterocycles. The quantitative estimate of drug-likeness (QED) is 0.304. The van der Waals surface area contributed by atoms with Crippen LogP contribution in [0.2, 0.25) is 0 Å². The lowest BCUT2D eigenvalue weighted by atomic mass is 10.0. The maximum Gasteiger partial charge on any atom is 0.335 e. The van der Waals surface area contributed by atoms with E-state index in [0.717, 1.165) is 22.4 Å². The first-order chi connectivity index (χ1) is 17.3. The van der Waals surface area contributed by atoms with Crippen LogP contribution >= 0.6 is 0 Å². The zero-order valence-corrected chi connectivity index (χ0v) is 20.7. The van der Waals surface area contributed by atoms with E-state index in [-0.39, 0.29) is 23.0 Å². The Morgan fingerprint density at radius 3 is 2.00 bits per heavy atom. The summed E-state index contributed by atoms with van der Waals surface area (Å²) in [4.78, 5) is 13.6. The second-order valence-electron chi connectivity index (χ2n) is 8.56. The third-order valence-corrected chi connectivity index (χ3v) is 7.44. The molecule has 0 heterocycles. The number of para-hydroxylation sites is 1. The minimum atomic E-state index is -3.73. The number of nitrogens with zero attached hydrogens (tertiary/aromatic N) is 1. The number of rotatable bonds is 10. The number of anilines is 1. The maximum atomic E-state index is 13.1. The van der Waals surface area contributed by atoms with Gasteiger partial charge in [-0.25, -0.2) is 17.9 Å². The van der Waals surface area contributed by atoms with Gasteiger partial charge in [0.05, 0.1) is 16.5 Å². The number of aryl methyl sites for hydroxylation is 1. The second-order valence-corrected chi connectivity index (χ2v) is 10.3. The van der Waals surface area contributed by atoms with Crippen molar-refractivity contribution in [2.45, 2.75) is 24.4 Å². The van der Waals surface area contributed by atoms with Crippen LogP contribution in [-0.4, -0.2) is 26.0 Å². The molecule has 0 saturated heterocycles. The predicted octanol–water partition coefficient (Wildman–Crippen LogP) is 5.42. The summed E-state index contributed by atoms with van der Waals surface area (Å²) in [7, 11) is -3.73. The van der Waals surface area contributed by atoms with Crippen molar-refractivity contribution < 1.29 is 18.3 Å². The van der Waals surface area contributed by atoms with Crippen LogP contribution in [0.4, 0.5) is 5.69 Å². The lowest BCUT2D eigenvalue weighted by molar-refractivity contribution is 0.0697. The average molecular weight is 501 g/mol. The van der Waals surface area contributed by atoms with Gasteiger partial charge in [0.25, 0.3) is 0 Å². The third kappa shape index (κ3) is 6.19. The Morgan fingerprint density at radius 1 is 0.833 bits per heavy atom. The molecule has 0 aliphatic carbocycles. The summed E-state index contributed by atoms with van der Waals surface area (Å²) in [6.45, 7) is 2.51. The van der Waals surface area contributed by atoms with Gasteiger partial charge in [-0.05, 0) is 54.4 Å². The van der Waals surface area contributed by atoms with Crippen molar-refractivity contribution in [3.63, 3.8) is 0 Å². The van der Waals surface area contributed by atoms with E-state index in [4.69, 9.17) is 0 Å². The molecule has 184 valence electrons. The zero-order valence-electron chi connectivity index (χ0n) is 19.9. The Labute approximate surface area is 211 Å². The van der Waals surface area contributed by atoms with Gasteiger partial charge >= 0.3 is 5.97 Å². The van der Waals surface area contributed by atoms with E-state index in [1.165, 1.54) is 0 Å². The largest absolute Gasteiger partial charge is 0.478 e. The van der Waals surface area contributed by atoms with Crippen LogP contribution in [0.5, 0.6) is 0 Å². The molecule has 36 heavy (non-hydrogen) atoms. The summed E-state index contributed by atoms with van der Waals surface area (Å²) in [5, 5.41) is 9.25. The summed E-state index contributed by atoms with van der Waals surface area (Å²) in [5.41, 5.74) is 3.99. The molecule has 0 radical (unpaired) electrons. The molecule has 6 nitrogen and oxygen atoms in total. The molecule has 0 bridgehead atoms. The van der Waals surface area contributed by atoms with Gasteiger partial charge in [0.15, 0.2) is 0 Å². The van der Waals surface area contributed by atoms with Crippen molar-refractivity contribution in [1.29, 1.82) is 0 Å². The lowest BCUT2D eigenvalue weighted by Gasteiger charge is -2.34. The van der Waals surface area contributed by atoms with Gasteiger partial charge in [0.2, 0.25) is 10.0 Å². The Hall–Kier alpha value is -3.94. The van der Waals surface area contributed by atoms with Gasteiger partial charge < -0.3 is 10.0 Å². The molecule has 4 rings (SSSR count). The molecule has 2 N–H and O–H groups in total. The fraction of sp³-hybridized carbons (Fsp3) is 0.138. The number of hydrogen-bond donors (Lipinski definition) is 2. The molecule has 4 aromatic rings. The lowest BCUT2D eigenvalue weighted by Crippen LogP contribution is -2.38. The third-order valence-electron chi connectivity index (χ3n) is 6.00. The van der Waals surface area contributed by atoms with Crippen LogP contribution in [0.1, 0.15) is 33.1 Å². The summed E-state index contributed by atoms with van der Waals surface area (Å²) < 4.78 is 29.0. The number of carboxylic acid groups (broad SMARTS) is 1. The smallest absolute Gasteiger partial charge is 0.335 e. The van der Waals surface area contributed by atoms with Gasteiger partial charge in [-0.2, -0.15) is 0 Å². The Morgan fingerprint density at radius 2 is 1.42 bits per heavy atom. The zero-order chi connectivity index (χ0) is 25.5. The summed E-state index contributed by atoms with van der Waals surface area (Å²) in [6, 6.07) is 32.7. The molecular formula is C29H28N2O4S. The standard InChI is InChI=1S/C29H28N2O4S/c1-22-12-18-27(19-13-22)36(34,35)30-20-28(24-8-4-2-5-9-24)31(26-10-6-3-7-11-26)21-23-14-16-25(17-15-23)29(32)33/h2-19,28,30H,20-21H2,1H3,(H,32,33). The highest BCUT2D eigenvalue weighted by atomic mass is 32.2. The summed E-state index contributed by atoms with van der Waals surface area (Å²) in [5.74, 6) is -0.978. The van der Waals surface area contributed by atoms with Crippen molar-refractivity contribution >= 4 is 21.7 Å². The number of benzene rings is 4. The van der Waals surface area contributed by atoms with Crippen LogP contribution in [0.3, 0.4) is 0 Å². The van der Waals surface area contributed by atoms with E-state index >= 15 is 0 Å². The first-order valence-electron chi connectivity index (χ1n) is 11.6. The molecule has 0 amide bonds. The van der Waals surface area contributed by atoms with Crippen LogP contribution in [-0.2, 0) is 16.6 Å². The number of aromatic carboxylic acids is 1. The van der Waals surface area contributed by atoms with Gasteiger partial charge in [-0.15, -0.1) is 0 Å². The molecule has 0 aliphatic rings. The summed E-state index contributed by atoms with van der Waals surface area (Å²) in [6.07, 6.45) is 0. The Balaban J connectivity index is 1.69. The van der Waals surface area contributed by atoms with E-state index in [1.54, 1.807) is 48.5 Å². The fourth-order valence-corrected chi connectivity index (χ4v) is 5.06. The minimum Gasteiger partial charge on any atom is -0.478 e. The molecule has 0 fully saturated rings. The molecule has 4 aromatic carbocycles. The SMILES string of the molecule is Cc1ccc(S(=O)(=O)NCC(c2ccccc2)N(Cc2ccc(C(=O)O)cc2)c2ccccc2)cc1. The monoisotopic (exact) mass is 500 g/mol. The van der Waals surface area contributed by atoms with Crippen molar-refractivity contribution in [1.82, 2.24) is 4.72 Å². The van der Waals surface area contributed by atoms with E-state index in [9.17, 15) is 18.3 Å². The Bertz CT molecular complexity index is 1390. The topological polar surface area (TPSA) is 86.7 Å². The van der Waals surface area contributed by atoms with Crippen LogP contribution in [0.15, 0.2) is 114 Å². The van der Waals surface area contributed by atoms with Crippen LogP contribution in [0.25, 0.3) is 0 Å². The summed E-state index contributed by atoms with van der Waals surface area (Å²) >= 11 is 0. The second kappa shape index (κ2) is 11.2. The van der Waals surface area contributed by atoms with Crippen molar-refractivity contribution in [2.24, 2.45) is 0 Å². The van der Waals surface area contributed by atoms with Crippen LogP contribution in [0, 0.1) is 6.92 Å². The average Bonchev–Trinajstić information content (AvgIpc) is 2.90. The maximum absolute atomic E-state index is 13.1. The number of carboxylic acids is 1. The van der Waals surface area contributed by atoms with Gasteiger partial charge in [0, 0.05) is 18.8 Å². The van der Waals surface area contributed by atoms with Gasteiger partial charge in [-0.3, -0.25) is 0 Å². The highest BCUT2D eigenvalue weighted by molar-refractivity contribution is 7.89. The number of nitrogens with one attached hydrogen (secondary N) is 1. The van der Waals surface area contributed by atoms with Crippen LogP contribution < -0.4 is 9.62 Å². The van der Waals surface area contributed by atoms with Gasteiger partial charge in [-0.1, -0.05) is 78.4 Å². The van der Waals surface area contributed by atoms with Gasteiger partial charge in [0.1, 0.15) is 0 Å². The number of sulfonamides is 1. The van der Waals surface area contributed by atoms with Crippen molar-refractivity contribution in [3.05, 3.63) is 131 Å². The molecule has 0 aliphatic heterocycles. The molecule has 7 heteroatoms. The number of carbonyl (C=O) groups is 1. The normalized spacial score (nSPS) is 12.1. The Kier molecular flexibility index (Phi) is 7.83. The first kappa shape index (κ1) is 25.2. The highest BCUT2D eigenvalue weighted by Crippen LogP contribution is 2.29. The predicted molar refractivity (Wildman–Crippen MR) is 142 cm³/mol. The van der Waals surface area contributed by atoms with E-state index < -0.39 is 16.0 Å². The molecule has 1 unspecified atom stereocenters. The molecule has 0 spiro atoms.